The second-order valence-corrected chi connectivity index (χ2v) is 3.28. The lowest BCUT2D eigenvalue weighted by atomic mass is 10.2. The molecule has 0 spiro atoms. The van der Waals surface area contributed by atoms with Crippen molar-refractivity contribution in [3.63, 3.8) is 0 Å². The highest BCUT2D eigenvalue weighted by Crippen LogP contribution is 2.09. The van der Waals surface area contributed by atoms with Crippen molar-refractivity contribution in [2.24, 2.45) is 0 Å². The maximum atomic E-state index is 10.8. The first kappa shape index (κ1) is 13.5. The van der Waals surface area contributed by atoms with Crippen LogP contribution in [0.15, 0.2) is 25.3 Å². The monoisotopic (exact) mass is 170 g/mol. The molecule has 0 aliphatic rings. The second kappa shape index (κ2) is 5.58. The smallest absolute Gasteiger partial charge is 0.333 e. The number of ether oxygens (including phenoxy) is 1. The van der Waals surface area contributed by atoms with Gasteiger partial charge in [-0.2, -0.15) is 0 Å². The predicted molar refractivity (Wildman–Crippen MR) is 51.9 cm³/mol. The number of hydrogen-bond donors (Lipinski definition) is 0. The van der Waals surface area contributed by atoms with Crippen molar-refractivity contribution in [2.45, 2.75) is 33.3 Å². The fraction of sp³-hybridized carbons (Fsp3) is 0.500. The molecule has 0 aromatic rings. The quantitative estimate of drug-likeness (QED) is 0.343. The largest absolute Gasteiger partial charge is 0.457 e. The molecular formula is C10H18O2. The van der Waals surface area contributed by atoms with Gasteiger partial charge in [0.2, 0.25) is 0 Å². The Hall–Kier alpha value is -1.05. The van der Waals surface area contributed by atoms with Crippen molar-refractivity contribution >= 4 is 5.97 Å². The van der Waals surface area contributed by atoms with E-state index in [1.807, 2.05) is 20.8 Å². The zero-order valence-electron chi connectivity index (χ0n) is 8.44. The molecule has 0 heterocycles. The van der Waals surface area contributed by atoms with Crippen LogP contribution >= 0.6 is 0 Å². The minimum atomic E-state index is -0.407. The summed E-state index contributed by atoms with van der Waals surface area (Å²) in [4.78, 5) is 10.8. The summed E-state index contributed by atoms with van der Waals surface area (Å²) < 4.78 is 4.96. The van der Waals surface area contributed by atoms with Crippen LogP contribution in [0.3, 0.4) is 0 Å². The van der Waals surface area contributed by atoms with E-state index in [0.29, 0.717) is 5.57 Å². The Morgan fingerprint density at radius 1 is 1.25 bits per heavy atom. The molecule has 0 radical (unpaired) electrons. The highest BCUT2D eigenvalue weighted by atomic mass is 16.6. The topological polar surface area (TPSA) is 26.3 Å². The first-order chi connectivity index (χ1) is 5.33. The van der Waals surface area contributed by atoms with Crippen molar-refractivity contribution in [1.82, 2.24) is 0 Å². The van der Waals surface area contributed by atoms with Crippen LogP contribution in [-0.2, 0) is 9.53 Å². The van der Waals surface area contributed by atoms with Gasteiger partial charge in [0.25, 0.3) is 0 Å². The average Bonchev–Trinajstić information content (AvgIpc) is 1.88. The molecule has 0 N–H and O–H groups in total. The van der Waals surface area contributed by atoms with E-state index in [1.165, 1.54) is 0 Å². The lowest BCUT2D eigenvalue weighted by molar-refractivity contribution is -0.149. The van der Waals surface area contributed by atoms with E-state index in [4.69, 9.17) is 4.74 Å². The molecule has 12 heavy (non-hydrogen) atoms. The Morgan fingerprint density at radius 2 is 1.58 bits per heavy atom. The molecule has 0 amide bonds. The number of carbonyl (C=O) groups excluding carboxylic acids is 1. The fourth-order valence-electron chi connectivity index (χ4n) is 0.365. The minimum absolute atomic E-state index is 0.326. The Balaban J connectivity index is 0. The van der Waals surface area contributed by atoms with Crippen LogP contribution in [0.2, 0.25) is 0 Å². The standard InChI is InChI=1S/C8H14O2.C2H4/c1-6(2)7(9)10-8(3,4)5;1-2/h1H2,2-5H3;1-2H2. The van der Waals surface area contributed by atoms with Gasteiger partial charge >= 0.3 is 5.97 Å². The van der Waals surface area contributed by atoms with Gasteiger partial charge in [0.15, 0.2) is 0 Å². The minimum Gasteiger partial charge on any atom is -0.457 e. The molecule has 0 bridgehead atoms. The summed E-state index contributed by atoms with van der Waals surface area (Å²) >= 11 is 0. The summed E-state index contributed by atoms with van der Waals surface area (Å²) in [5.74, 6) is -0.326. The Labute approximate surface area is 74.9 Å². The summed E-state index contributed by atoms with van der Waals surface area (Å²) in [6.07, 6.45) is 0. The summed E-state index contributed by atoms with van der Waals surface area (Å²) in [7, 11) is 0. The van der Waals surface area contributed by atoms with E-state index >= 15 is 0 Å². The maximum absolute atomic E-state index is 10.8. The third kappa shape index (κ3) is 8.95. The third-order valence-electron chi connectivity index (χ3n) is 0.747. The molecule has 0 fully saturated rings. The van der Waals surface area contributed by atoms with Crippen molar-refractivity contribution in [3.05, 3.63) is 25.3 Å². The lowest BCUT2D eigenvalue weighted by Crippen LogP contribution is -2.23. The van der Waals surface area contributed by atoms with E-state index in [-0.39, 0.29) is 5.97 Å². The van der Waals surface area contributed by atoms with Crippen LogP contribution in [0.4, 0.5) is 0 Å². The maximum Gasteiger partial charge on any atom is 0.333 e. The van der Waals surface area contributed by atoms with Crippen molar-refractivity contribution in [1.29, 1.82) is 0 Å². The molecule has 0 aliphatic heterocycles. The predicted octanol–water partition coefficient (Wildman–Crippen LogP) is 2.71. The number of carbonyl (C=O) groups is 1. The van der Waals surface area contributed by atoms with Crippen molar-refractivity contribution in [2.75, 3.05) is 0 Å². The third-order valence-corrected chi connectivity index (χ3v) is 0.747. The first-order valence-electron chi connectivity index (χ1n) is 3.72. The summed E-state index contributed by atoms with van der Waals surface area (Å²) in [6.45, 7) is 16.6. The first-order valence-corrected chi connectivity index (χ1v) is 3.72. The van der Waals surface area contributed by atoms with Gasteiger partial charge in [0.05, 0.1) is 0 Å². The normalized spacial score (nSPS) is 9.33. The van der Waals surface area contributed by atoms with Gasteiger partial charge in [-0.05, 0) is 27.7 Å². The van der Waals surface area contributed by atoms with Crippen LogP contribution in [0.1, 0.15) is 27.7 Å². The van der Waals surface area contributed by atoms with E-state index in [1.54, 1.807) is 6.92 Å². The molecule has 0 rings (SSSR count). The summed E-state index contributed by atoms with van der Waals surface area (Å²) in [5, 5.41) is 0. The molecule has 0 aromatic carbocycles. The van der Waals surface area contributed by atoms with Crippen molar-refractivity contribution < 1.29 is 9.53 Å². The SMILES string of the molecule is C=C.C=C(C)C(=O)OC(C)(C)C. The lowest BCUT2D eigenvalue weighted by Gasteiger charge is -2.19. The molecule has 2 heteroatoms. The van der Waals surface area contributed by atoms with Gasteiger partial charge in [0.1, 0.15) is 5.60 Å². The fourth-order valence-corrected chi connectivity index (χ4v) is 0.365. The van der Waals surface area contributed by atoms with Crippen molar-refractivity contribution in [3.8, 4) is 0 Å². The molecule has 0 aromatic heterocycles. The van der Waals surface area contributed by atoms with Gasteiger partial charge in [0, 0.05) is 5.57 Å². The number of esters is 1. The highest BCUT2D eigenvalue weighted by molar-refractivity contribution is 5.87. The molecular weight excluding hydrogens is 152 g/mol. The number of rotatable bonds is 1. The molecule has 0 saturated carbocycles. The van der Waals surface area contributed by atoms with Gasteiger partial charge in [-0.3, -0.25) is 0 Å². The average molecular weight is 170 g/mol. The van der Waals surface area contributed by atoms with Gasteiger partial charge in [-0.1, -0.05) is 6.58 Å². The Kier molecular flexibility index (Phi) is 6.29. The van der Waals surface area contributed by atoms with Gasteiger partial charge in [-0.15, -0.1) is 13.2 Å². The molecule has 0 aliphatic carbocycles. The number of hydrogen-bond acceptors (Lipinski definition) is 2. The molecule has 0 atom stereocenters. The zero-order valence-corrected chi connectivity index (χ0v) is 8.44. The van der Waals surface area contributed by atoms with E-state index in [0.717, 1.165) is 0 Å². The van der Waals surface area contributed by atoms with Crippen LogP contribution in [0.25, 0.3) is 0 Å². The molecule has 0 unspecified atom stereocenters. The van der Waals surface area contributed by atoms with Crippen LogP contribution in [-0.4, -0.2) is 11.6 Å². The van der Waals surface area contributed by atoms with Crippen LogP contribution in [0.5, 0.6) is 0 Å². The van der Waals surface area contributed by atoms with E-state index < -0.39 is 5.60 Å². The summed E-state index contributed by atoms with van der Waals surface area (Å²) in [6, 6.07) is 0. The van der Waals surface area contributed by atoms with E-state index in [2.05, 4.69) is 19.7 Å². The van der Waals surface area contributed by atoms with Gasteiger partial charge < -0.3 is 4.74 Å². The Bertz CT molecular complexity index is 163. The Morgan fingerprint density at radius 3 is 1.67 bits per heavy atom. The van der Waals surface area contributed by atoms with E-state index in [9.17, 15) is 4.79 Å². The highest BCUT2D eigenvalue weighted by Gasteiger charge is 2.15. The second-order valence-electron chi connectivity index (χ2n) is 3.28. The molecule has 70 valence electrons. The van der Waals surface area contributed by atoms with Gasteiger partial charge in [-0.25, -0.2) is 4.79 Å². The van der Waals surface area contributed by atoms with Crippen LogP contribution < -0.4 is 0 Å². The van der Waals surface area contributed by atoms with Crippen LogP contribution in [0, 0.1) is 0 Å². The molecule has 2 nitrogen and oxygen atoms in total. The zero-order chi connectivity index (χ0) is 10.4. The summed E-state index contributed by atoms with van der Waals surface area (Å²) in [5.41, 5.74) is 0.0330. The molecule has 0 saturated heterocycles.